The molecule has 4 heteroatoms. The van der Waals surface area contributed by atoms with Crippen LogP contribution < -0.4 is 4.90 Å². The number of nitrogens with zero attached hydrogens (tertiary/aromatic N) is 2. The lowest BCUT2D eigenvalue weighted by Gasteiger charge is -2.13. The Kier molecular flexibility index (Phi) is 2.22. The van der Waals surface area contributed by atoms with Crippen molar-refractivity contribution in [2.24, 2.45) is 0 Å². The molecular formula is C9H10N2OS. The average Bonchev–Trinajstić information content (AvgIpc) is 2.47. The maximum atomic E-state index is 11.4. The number of pyridine rings is 1. The molecule has 2 rings (SSSR count). The van der Waals surface area contributed by atoms with E-state index in [9.17, 15) is 4.79 Å². The number of amides is 1. The van der Waals surface area contributed by atoms with Crippen molar-refractivity contribution in [2.75, 3.05) is 11.4 Å². The Morgan fingerprint density at radius 2 is 2.38 bits per heavy atom. The first-order valence-corrected chi connectivity index (χ1v) is 4.68. The summed E-state index contributed by atoms with van der Waals surface area (Å²) in [6, 6.07) is 5.55. The molecule has 1 atom stereocenters. The molecule has 1 aromatic heterocycles. The van der Waals surface area contributed by atoms with Crippen LogP contribution in [0, 0.1) is 0 Å². The van der Waals surface area contributed by atoms with Crippen molar-refractivity contribution in [3.8, 4) is 0 Å². The van der Waals surface area contributed by atoms with E-state index >= 15 is 0 Å². The molecule has 0 saturated carbocycles. The van der Waals surface area contributed by atoms with Gasteiger partial charge >= 0.3 is 0 Å². The quantitative estimate of drug-likeness (QED) is 0.679. The van der Waals surface area contributed by atoms with E-state index in [1.807, 2.05) is 18.2 Å². The molecular weight excluding hydrogens is 184 g/mol. The van der Waals surface area contributed by atoms with E-state index in [1.54, 1.807) is 11.1 Å². The number of rotatable bonds is 1. The van der Waals surface area contributed by atoms with Crippen molar-refractivity contribution in [1.82, 2.24) is 4.98 Å². The molecule has 1 aliphatic rings. The molecule has 0 N–H and O–H groups in total. The molecule has 68 valence electrons. The summed E-state index contributed by atoms with van der Waals surface area (Å²) in [5.41, 5.74) is 0. The molecule has 1 aliphatic heterocycles. The number of carbonyl (C=O) groups excluding carboxylic acids is 1. The second-order valence-corrected chi connectivity index (χ2v) is 3.78. The molecule has 13 heavy (non-hydrogen) atoms. The van der Waals surface area contributed by atoms with E-state index < -0.39 is 0 Å². The third kappa shape index (κ3) is 1.67. The number of thiol groups is 1. The predicted octanol–water partition coefficient (Wildman–Crippen LogP) is 1.12. The maximum absolute atomic E-state index is 11.4. The Labute approximate surface area is 82.2 Å². The lowest BCUT2D eigenvalue weighted by molar-refractivity contribution is -0.117. The van der Waals surface area contributed by atoms with E-state index in [1.165, 1.54) is 0 Å². The molecule has 1 unspecified atom stereocenters. The number of anilines is 1. The van der Waals surface area contributed by atoms with Crippen molar-refractivity contribution in [2.45, 2.75) is 11.7 Å². The molecule has 0 spiro atoms. The molecule has 0 radical (unpaired) electrons. The lowest BCUT2D eigenvalue weighted by atomic mass is 10.4. The Hall–Kier alpha value is -1.03. The summed E-state index contributed by atoms with van der Waals surface area (Å²) in [6.45, 7) is 0.666. The fraction of sp³-hybridized carbons (Fsp3) is 0.333. The van der Waals surface area contributed by atoms with Crippen molar-refractivity contribution in [3.63, 3.8) is 0 Å². The van der Waals surface area contributed by atoms with Crippen LogP contribution in [0.1, 0.15) is 6.42 Å². The lowest BCUT2D eigenvalue weighted by Crippen LogP contribution is -2.25. The van der Waals surface area contributed by atoms with Crippen LogP contribution in [0.15, 0.2) is 24.4 Å². The molecule has 2 heterocycles. The summed E-state index contributed by atoms with van der Waals surface area (Å²) in [7, 11) is 0. The van der Waals surface area contributed by atoms with E-state index in [0.29, 0.717) is 13.0 Å². The molecule has 0 aromatic carbocycles. The van der Waals surface area contributed by atoms with Gasteiger partial charge in [-0.15, -0.1) is 0 Å². The fourth-order valence-corrected chi connectivity index (χ4v) is 1.74. The number of hydrogen-bond acceptors (Lipinski definition) is 3. The van der Waals surface area contributed by atoms with Crippen LogP contribution in [0.2, 0.25) is 0 Å². The van der Waals surface area contributed by atoms with E-state index in [-0.39, 0.29) is 11.2 Å². The summed E-state index contributed by atoms with van der Waals surface area (Å²) in [4.78, 5) is 17.2. The van der Waals surface area contributed by atoms with Crippen molar-refractivity contribution in [1.29, 1.82) is 0 Å². The van der Waals surface area contributed by atoms with E-state index in [4.69, 9.17) is 0 Å². The van der Waals surface area contributed by atoms with E-state index in [0.717, 1.165) is 5.82 Å². The van der Waals surface area contributed by atoms with Gasteiger partial charge in [0.15, 0.2) is 0 Å². The predicted molar refractivity (Wildman–Crippen MR) is 54.0 cm³/mol. The minimum absolute atomic E-state index is 0.110. The van der Waals surface area contributed by atoms with Crippen LogP contribution in [-0.2, 0) is 4.79 Å². The van der Waals surface area contributed by atoms with Gasteiger partial charge in [-0.2, -0.15) is 12.6 Å². The summed E-state index contributed by atoms with van der Waals surface area (Å²) < 4.78 is 0. The van der Waals surface area contributed by atoms with Gasteiger partial charge < -0.3 is 0 Å². The summed E-state index contributed by atoms with van der Waals surface area (Å²) in [6.07, 6.45) is 2.20. The van der Waals surface area contributed by atoms with Crippen molar-refractivity contribution in [3.05, 3.63) is 24.4 Å². The molecule has 1 amide bonds. The van der Waals surface area contributed by atoms with Gasteiger partial charge in [0.05, 0.1) is 0 Å². The molecule has 0 bridgehead atoms. The second-order valence-electron chi connectivity index (χ2n) is 3.05. The average molecular weight is 194 g/mol. The van der Waals surface area contributed by atoms with Gasteiger partial charge in [0.2, 0.25) is 5.91 Å². The second kappa shape index (κ2) is 3.38. The topological polar surface area (TPSA) is 33.2 Å². The number of aromatic nitrogens is 1. The molecule has 0 aliphatic carbocycles. The molecule has 3 nitrogen and oxygen atoms in total. The maximum Gasteiger partial charge on any atom is 0.229 e. The van der Waals surface area contributed by atoms with Gasteiger partial charge in [0.1, 0.15) is 5.82 Å². The Morgan fingerprint density at radius 1 is 1.54 bits per heavy atom. The third-order valence-corrected chi connectivity index (χ3v) is 2.38. The third-order valence-electron chi connectivity index (χ3n) is 2.03. The van der Waals surface area contributed by atoms with Crippen molar-refractivity contribution >= 4 is 24.4 Å². The summed E-state index contributed by atoms with van der Waals surface area (Å²) in [5.74, 6) is 0.836. The van der Waals surface area contributed by atoms with Gasteiger partial charge in [0.25, 0.3) is 0 Å². The fourth-order valence-electron chi connectivity index (χ4n) is 1.42. The Balaban J connectivity index is 2.23. The van der Waals surface area contributed by atoms with E-state index in [2.05, 4.69) is 17.6 Å². The van der Waals surface area contributed by atoms with Gasteiger partial charge in [-0.25, -0.2) is 4.98 Å². The van der Waals surface area contributed by atoms with Gasteiger partial charge in [-0.05, 0) is 12.1 Å². The normalized spacial score (nSPS) is 22.4. The first-order valence-electron chi connectivity index (χ1n) is 4.17. The largest absolute Gasteiger partial charge is 0.296 e. The minimum Gasteiger partial charge on any atom is -0.296 e. The zero-order chi connectivity index (χ0) is 9.26. The van der Waals surface area contributed by atoms with Crippen LogP contribution in [0.3, 0.4) is 0 Å². The van der Waals surface area contributed by atoms with Gasteiger partial charge in [-0.3, -0.25) is 9.69 Å². The smallest absolute Gasteiger partial charge is 0.229 e. The zero-order valence-corrected chi connectivity index (χ0v) is 7.95. The molecule has 1 saturated heterocycles. The first-order chi connectivity index (χ1) is 6.27. The van der Waals surface area contributed by atoms with Crippen LogP contribution in [-0.4, -0.2) is 22.7 Å². The summed E-state index contributed by atoms with van der Waals surface area (Å²) in [5, 5.41) is 0.148. The van der Waals surface area contributed by atoms with Crippen LogP contribution in [0.25, 0.3) is 0 Å². The number of carbonyl (C=O) groups is 1. The molecule has 1 aromatic rings. The Morgan fingerprint density at radius 3 is 2.92 bits per heavy atom. The standard InChI is InChI=1S/C9H10N2OS/c12-9-5-7(13)6-11(9)8-3-1-2-4-10-8/h1-4,7,13H,5-6H2. The highest BCUT2D eigenvalue weighted by molar-refractivity contribution is 7.81. The first kappa shape index (κ1) is 8.56. The van der Waals surface area contributed by atoms with Crippen LogP contribution in [0.5, 0.6) is 0 Å². The van der Waals surface area contributed by atoms with Gasteiger partial charge in [0, 0.05) is 24.4 Å². The highest BCUT2D eigenvalue weighted by Crippen LogP contribution is 2.21. The van der Waals surface area contributed by atoms with Crippen molar-refractivity contribution < 1.29 is 4.79 Å². The SMILES string of the molecule is O=C1CC(S)CN1c1ccccn1. The Bertz CT molecular complexity index is 315. The van der Waals surface area contributed by atoms with Crippen LogP contribution >= 0.6 is 12.6 Å². The highest BCUT2D eigenvalue weighted by atomic mass is 32.1. The minimum atomic E-state index is 0.110. The van der Waals surface area contributed by atoms with Gasteiger partial charge in [-0.1, -0.05) is 6.07 Å². The summed E-state index contributed by atoms with van der Waals surface area (Å²) >= 11 is 4.27. The molecule has 1 fully saturated rings. The highest BCUT2D eigenvalue weighted by Gasteiger charge is 2.28. The van der Waals surface area contributed by atoms with Crippen LogP contribution in [0.4, 0.5) is 5.82 Å². The zero-order valence-electron chi connectivity index (χ0n) is 7.05. The monoisotopic (exact) mass is 194 g/mol. The number of hydrogen-bond donors (Lipinski definition) is 1.